The maximum Gasteiger partial charge on any atom is 0.259 e. The van der Waals surface area contributed by atoms with Crippen LogP contribution in [0.15, 0.2) is 47.1 Å². The van der Waals surface area contributed by atoms with E-state index in [-0.39, 0.29) is 23.4 Å². The van der Waals surface area contributed by atoms with Crippen LogP contribution in [0.5, 0.6) is 5.75 Å². The van der Waals surface area contributed by atoms with Gasteiger partial charge in [-0.25, -0.2) is 8.42 Å². The van der Waals surface area contributed by atoms with Crippen LogP contribution >= 0.6 is 0 Å². The number of likely N-dealkylation sites (tertiary alicyclic amines) is 1. The molecule has 1 amide bonds. The number of piperidine rings is 1. The van der Waals surface area contributed by atoms with Gasteiger partial charge < -0.3 is 15.4 Å². The van der Waals surface area contributed by atoms with Gasteiger partial charge in [-0.05, 0) is 42.2 Å². The number of hydrogen-bond acceptors (Lipinski definition) is 6. The number of ether oxygens (including phenoxy) is 1. The van der Waals surface area contributed by atoms with Crippen molar-refractivity contribution >= 4 is 21.8 Å². The Hall–Kier alpha value is -2.94. The van der Waals surface area contributed by atoms with Crippen LogP contribution < -0.4 is 10.5 Å². The number of sulfonamides is 1. The molecular weight excluding hydrogens is 404 g/mol. The number of carbonyl (C=O) groups is 1. The average Bonchev–Trinajstić information content (AvgIpc) is 2.72. The van der Waals surface area contributed by atoms with Crippen LogP contribution in [0.4, 0.5) is 0 Å². The van der Waals surface area contributed by atoms with Crippen LogP contribution in [0.3, 0.4) is 0 Å². The molecule has 0 saturated carbocycles. The summed E-state index contributed by atoms with van der Waals surface area (Å²) in [7, 11) is -3.58. The third-order valence-corrected chi connectivity index (χ3v) is 6.55. The van der Waals surface area contributed by atoms with Crippen molar-refractivity contribution in [3.8, 4) is 5.75 Å². The summed E-state index contributed by atoms with van der Waals surface area (Å²) in [5, 5.41) is 0. The van der Waals surface area contributed by atoms with Gasteiger partial charge in [-0.1, -0.05) is 12.1 Å². The van der Waals surface area contributed by atoms with Crippen molar-refractivity contribution in [2.45, 2.75) is 25.0 Å². The highest BCUT2D eigenvalue weighted by molar-refractivity contribution is 7.89. The number of hydrogen-bond donors (Lipinski definition) is 1. The van der Waals surface area contributed by atoms with Crippen molar-refractivity contribution in [1.82, 2.24) is 9.88 Å². The first-order chi connectivity index (χ1) is 14.4. The Morgan fingerprint density at radius 2 is 2.03 bits per heavy atom. The third-order valence-electron chi connectivity index (χ3n) is 5.39. The van der Waals surface area contributed by atoms with E-state index in [4.69, 9.17) is 10.5 Å². The summed E-state index contributed by atoms with van der Waals surface area (Å²) in [5.41, 5.74) is 8.00. The zero-order valence-corrected chi connectivity index (χ0v) is 17.3. The first-order valence-electron chi connectivity index (χ1n) is 9.91. The minimum absolute atomic E-state index is 0.0374. The number of nitrogens with two attached hydrogens (primary N) is 1. The lowest BCUT2D eigenvalue weighted by Crippen LogP contribution is -2.42. The second-order valence-corrected chi connectivity index (χ2v) is 9.32. The zero-order valence-electron chi connectivity index (χ0n) is 16.5. The Balaban J connectivity index is 1.40. The molecule has 0 aliphatic carbocycles. The highest BCUT2D eigenvalue weighted by atomic mass is 32.2. The minimum atomic E-state index is -3.58. The van der Waals surface area contributed by atoms with E-state index < -0.39 is 10.0 Å². The lowest BCUT2D eigenvalue weighted by atomic mass is 9.98. The highest BCUT2D eigenvalue weighted by Crippen LogP contribution is 2.29. The molecule has 30 heavy (non-hydrogen) atoms. The van der Waals surface area contributed by atoms with Gasteiger partial charge in [0.2, 0.25) is 5.91 Å². The summed E-state index contributed by atoms with van der Waals surface area (Å²) >= 11 is 0. The summed E-state index contributed by atoms with van der Waals surface area (Å²) in [6.07, 6.45) is 5.63. The van der Waals surface area contributed by atoms with E-state index in [0.717, 1.165) is 24.9 Å². The Labute approximate surface area is 175 Å². The summed E-state index contributed by atoms with van der Waals surface area (Å²) < 4.78 is 33.3. The quantitative estimate of drug-likeness (QED) is 0.772. The number of benzene rings is 1. The smallest absolute Gasteiger partial charge is 0.259 e. The maximum absolute atomic E-state index is 12.7. The maximum atomic E-state index is 12.7. The molecule has 2 aromatic rings. The molecule has 1 atom stereocenters. The highest BCUT2D eigenvalue weighted by Gasteiger charge is 2.27. The molecule has 0 spiro atoms. The molecule has 2 aliphatic heterocycles. The molecular formula is C21H24N4O4S. The normalized spacial score (nSPS) is 20.2. The first-order valence-corrected chi connectivity index (χ1v) is 11.5. The predicted octanol–water partition coefficient (Wildman–Crippen LogP) is 1.49. The molecule has 1 aromatic heterocycles. The number of aromatic nitrogens is 1. The van der Waals surface area contributed by atoms with Crippen LogP contribution in [0.25, 0.3) is 0 Å². The first kappa shape index (κ1) is 20.3. The van der Waals surface area contributed by atoms with Gasteiger partial charge in [0.1, 0.15) is 11.6 Å². The van der Waals surface area contributed by atoms with Gasteiger partial charge in [0.15, 0.2) is 0 Å². The summed E-state index contributed by atoms with van der Waals surface area (Å²) in [5.74, 6) is 0.612. The van der Waals surface area contributed by atoms with E-state index in [9.17, 15) is 13.2 Å². The second kappa shape index (κ2) is 8.43. The summed E-state index contributed by atoms with van der Waals surface area (Å²) in [4.78, 5) is 18.5. The van der Waals surface area contributed by atoms with Gasteiger partial charge in [0.05, 0.1) is 24.3 Å². The van der Waals surface area contributed by atoms with E-state index >= 15 is 0 Å². The number of amides is 1. The average molecular weight is 429 g/mol. The van der Waals surface area contributed by atoms with Crippen LogP contribution in [-0.2, 0) is 27.0 Å². The van der Waals surface area contributed by atoms with Gasteiger partial charge in [-0.15, -0.1) is 4.40 Å². The molecule has 1 fully saturated rings. The topological polar surface area (TPSA) is 115 Å². The molecule has 1 saturated heterocycles. The molecule has 0 bridgehead atoms. The molecule has 0 unspecified atom stereocenters. The number of nitrogens with zero attached hydrogens (tertiary/aromatic N) is 3. The van der Waals surface area contributed by atoms with Crippen LogP contribution in [0.1, 0.15) is 29.5 Å². The summed E-state index contributed by atoms with van der Waals surface area (Å²) in [6, 6.07) is 8.96. The third kappa shape index (κ3) is 4.62. The molecule has 8 nitrogen and oxygen atoms in total. The molecule has 4 rings (SSSR count). The van der Waals surface area contributed by atoms with Crippen molar-refractivity contribution in [3.05, 3.63) is 59.4 Å². The van der Waals surface area contributed by atoms with Crippen LogP contribution in [0, 0.1) is 5.92 Å². The molecule has 3 heterocycles. The predicted molar refractivity (Wildman–Crippen MR) is 113 cm³/mol. The zero-order chi connectivity index (χ0) is 21.1. The van der Waals surface area contributed by atoms with Crippen molar-refractivity contribution in [3.63, 3.8) is 0 Å². The van der Waals surface area contributed by atoms with Crippen molar-refractivity contribution in [2.24, 2.45) is 16.0 Å². The van der Waals surface area contributed by atoms with E-state index in [1.54, 1.807) is 30.6 Å². The molecule has 158 valence electrons. The van der Waals surface area contributed by atoms with Gasteiger partial charge in [-0.3, -0.25) is 9.78 Å². The van der Waals surface area contributed by atoms with E-state index in [1.807, 2.05) is 17.0 Å². The fraction of sp³-hybridized carbons (Fsp3) is 0.381. The van der Waals surface area contributed by atoms with Gasteiger partial charge in [-0.2, -0.15) is 0 Å². The fourth-order valence-electron chi connectivity index (χ4n) is 3.95. The molecule has 0 radical (unpaired) electrons. The monoisotopic (exact) mass is 428 g/mol. The second-order valence-electron chi connectivity index (χ2n) is 7.68. The van der Waals surface area contributed by atoms with Gasteiger partial charge in [0.25, 0.3) is 10.0 Å². The number of pyridine rings is 1. The Kier molecular flexibility index (Phi) is 5.72. The van der Waals surface area contributed by atoms with E-state index in [1.165, 1.54) is 0 Å². The number of carbonyl (C=O) groups excluding carboxylic acids is 1. The van der Waals surface area contributed by atoms with Crippen LogP contribution in [-0.4, -0.2) is 49.7 Å². The Morgan fingerprint density at radius 1 is 1.23 bits per heavy atom. The molecule has 2 N–H and O–H groups in total. The van der Waals surface area contributed by atoms with Crippen molar-refractivity contribution in [1.29, 1.82) is 0 Å². The molecule has 1 aromatic carbocycles. The van der Waals surface area contributed by atoms with E-state index in [2.05, 4.69) is 9.38 Å². The SMILES string of the molecule is NC1=NS(=O)(=O)Cc2cccc(OC[C@H]3CCCN(C(=O)Cc4ccncc4)C3)c21. The fourth-order valence-corrected chi connectivity index (χ4v) is 5.04. The number of fused-ring (bicyclic) bond motifs is 1. The van der Waals surface area contributed by atoms with Gasteiger partial charge >= 0.3 is 0 Å². The minimum Gasteiger partial charge on any atom is -0.492 e. The number of rotatable bonds is 5. The molecule has 9 heteroatoms. The standard InChI is InChI=1S/C21H24N4O4S/c22-21-20-17(14-30(27,28)24-21)4-1-5-18(20)29-13-16-3-2-10-25(12-16)19(26)11-15-6-8-23-9-7-15/h1,4-9,16H,2-3,10-14H2,(H2,22,24)/t16-/m0/s1. The van der Waals surface area contributed by atoms with Gasteiger partial charge in [0, 0.05) is 31.4 Å². The van der Waals surface area contributed by atoms with Crippen LogP contribution in [0.2, 0.25) is 0 Å². The van der Waals surface area contributed by atoms with Crippen molar-refractivity contribution < 1.29 is 17.9 Å². The Morgan fingerprint density at radius 3 is 2.83 bits per heavy atom. The largest absolute Gasteiger partial charge is 0.492 e. The van der Waals surface area contributed by atoms with E-state index in [0.29, 0.717) is 36.4 Å². The number of amidine groups is 1. The lowest BCUT2D eigenvalue weighted by Gasteiger charge is -2.33. The van der Waals surface area contributed by atoms with Crippen molar-refractivity contribution in [2.75, 3.05) is 19.7 Å². The Bertz CT molecular complexity index is 1070. The lowest BCUT2D eigenvalue weighted by molar-refractivity contribution is -0.132. The summed E-state index contributed by atoms with van der Waals surface area (Å²) in [6.45, 7) is 1.81. The molecule has 2 aliphatic rings.